The lowest BCUT2D eigenvalue weighted by Crippen LogP contribution is -2.48. The van der Waals surface area contributed by atoms with Gasteiger partial charge >= 0.3 is 0 Å². The monoisotopic (exact) mass is 353 g/mol. The Kier molecular flexibility index (Phi) is 5.87. The number of hydrogen-bond acceptors (Lipinski definition) is 1. The summed E-state index contributed by atoms with van der Waals surface area (Å²) in [5.41, 5.74) is 0.676. The molecule has 1 amide bonds. The minimum absolute atomic E-state index is 0.141. The average Bonchev–Trinajstić information content (AvgIpc) is 2.59. The maximum absolute atomic E-state index is 13.2. The van der Waals surface area contributed by atoms with E-state index in [0.29, 0.717) is 27.7 Å². The molecule has 3 rings (SSSR count). The molecule has 0 radical (unpaired) electrons. The van der Waals surface area contributed by atoms with Crippen LogP contribution in [0.3, 0.4) is 0 Å². The van der Waals surface area contributed by atoms with Crippen LogP contribution in [-0.4, -0.2) is 22.9 Å². The SMILES string of the molecule is O=C(c1ccc(Cl)c(Cl)c1)N(C1CCCCC1)C1CCCCC1. The van der Waals surface area contributed by atoms with Gasteiger partial charge in [-0.2, -0.15) is 0 Å². The van der Waals surface area contributed by atoms with E-state index in [1.54, 1.807) is 12.1 Å². The van der Waals surface area contributed by atoms with E-state index in [0.717, 1.165) is 25.7 Å². The first kappa shape index (κ1) is 17.1. The highest BCUT2D eigenvalue weighted by molar-refractivity contribution is 6.42. The van der Waals surface area contributed by atoms with Gasteiger partial charge in [-0.25, -0.2) is 0 Å². The van der Waals surface area contributed by atoms with Gasteiger partial charge in [0.2, 0.25) is 0 Å². The molecule has 0 saturated heterocycles. The van der Waals surface area contributed by atoms with E-state index in [2.05, 4.69) is 4.90 Å². The van der Waals surface area contributed by atoms with Crippen LogP contribution in [0.15, 0.2) is 18.2 Å². The molecule has 4 heteroatoms. The zero-order valence-electron chi connectivity index (χ0n) is 13.6. The highest BCUT2D eigenvalue weighted by Crippen LogP contribution is 2.32. The van der Waals surface area contributed by atoms with Crippen LogP contribution < -0.4 is 0 Å². The smallest absolute Gasteiger partial charge is 0.254 e. The Morgan fingerprint density at radius 2 is 1.35 bits per heavy atom. The van der Waals surface area contributed by atoms with E-state index in [9.17, 15) is 4.79 Å². The Hall–Kier alpha value is -0.730. The number of rotatable bonds is 3. The Bertz CT molecular complexity index is 530. The van der Waals surface area contributed by atoms with Crippen molar-refractivity contribution in [2.24, 2.45) is 0 Å². The van der Waals surface area contributed by atoms with Crippen molar-refractivity contribution in [3.8, 4) is 0 Å². The lowest BCUT2D eigenvalue weighted by Gasteiger charge is -2.42. The van der Waals surface area contributed by atoms with Crippen LogP contribution in [0.2, 0.25) is 10.0 Å². The summed E-state index contributed by atoms with van der Waals surface area (Å²) in [6.45, 7) is 0. The van der Waals surface area contributed by atoms with Gasteiger partial charge in [0.25, 0.3) is 5.91 Å². The summed E-state index contributed by atoms with van der Waals surface area (Å²) in [5, 5.41) is 0.967. The quantitative estimate of drug-likeness (QED) is 0.642. The molecule has 0 N–H and O–H groups in total. The molecule has 0 bridgehead atoms. The third-order valence-corrected chi connectivity index (χ3v) is 6.08. The highest BCUT2D eigenvalue weighted by atomic mass is 35.5. The first-order chi connectivity index (χ1) is 11.2. The standard InChI is InChI=1S/C19H25Cl2NO/c20-17-12-11-14(13-18(17)21)19(23)22(15-7-3-1-4-8-15)16-9-5-2-6-10-16/h11-13,15-16H,1-10H2. The van der Waals surface area contributed by atoms with Crippen LogP contribution >= 0.6 is 23.2 Å². The molecule has 1 aromatic rings. The van der Waals surface area contributed by atoms with Crippen molar-refractivity contribution in [1.82, 2.24) is 4.90 Å². The fraction of sp³-hybridized carbons (Fsp3) is 0.632. The number of benzene rings is 1. The van der Waals surface area contributed by atoms with E-state index in [1.807, 2.05) is 6.07 Å². The van der Waals surface area contributed by atoms with Gasteiger partial charge in [-0.15, -0.1) is 0 Å². The van der Waals surface area contributed by atoms with Crippen LogP contribution in [-0.2, 0) is 0 Å². The summed E-state index contributed by atoms with van der Waals surface area (Å²) in [4.78, 5) is 15.4. The molecule has 2 aliphatic rings. The van der Waals surface area contributed by atoms with Gasteiger partial charge in [0, 0.05) is 17.6 Å². The van der Waals surface area contributed by atoms with E-state index < -0.39 is 0 Å². The molecule has 0 aliphatic heterocycles. The third kappa shape index (κ3) is 4.03. The maximum atomic E-state index is 13.2. The number of halogens is 2. The van der Waals surface area contributed by atoms with E-state index in [-0.39, 0.29) is 5.91 Å². The largest absolute Gasteiger partial charge is 0.333 e. The van der Waals surface area contributed by atoms with Crippen molar-refractivity contribution < 1.29 is 4.79 Å². The minimum atomic E-state index is 0.141. The average molecular weight is 354 g/mol. The van der Waals surface area contributed by atoms with Gasteiger partial charge in [0.05, 0.1) is 10.0 Å². The molecular formula is C19H25Cl2NO. The van der Waals surface area contributed by atoms with Crippen molar-refractivity contribution in [1.29, 1.82) is 0 Å². The van der Waals surface area contributed by atoms with Gasteiger partial charge in [-0.3, -0.25) is 4.79 Å². The van der Waals surface area contributed by atoms with Gasteiger partial charge in [-0.1, -0.05) is 61.7 Å². The van der Waals surface area contributed by atoms with Crippen molar-refractivity contribution in [3.05, 3.63) is 33.8 Å². The fourth-order valence-corrected chi connectivity index (χ4v) is 4.42. The summed E-state index contributed by atoms with van der Waals surface area (Å²) in [6, 6.07) is 6.07. The second-order valence-corrected chi connectivity index (χ2v) is 7.74. The molecule has 2 fully saturated rings. The molecule has 0 atom stereocenters. The van der Waals surface area contributed by atoms with Gasteiger partial charge in [0.1, 0.15) is 0 Å². The van der Waals surface area contributed by atoms with E-state index in [4.69, 9.17) is 23.2 Å². The van der Waals surface area contributed by atoms with Gasteiger partial charge in [0.15, 0.2) is 0 Å². The molecule has 1 aromatic carbocycles. The van der Waals surface area contributed by atoms with Crippen molar-refractivity contribution in [2.45, 2.75) is 76.3 Å². The molecule has 2 saturated carbocycles. The molecule has 0 aromatic heterocycles. The first-order valence-corrected chi connectivity index (χ1v) is 9.70. The zero-order valence-corrected chi connectivity index (χ0v) is 15.1. The predicted octanol–water partition coefficient (Wildman–Crippen LogP) is 6.10. The van der Waals surface area contributed by atoms with Crippen molar-refractivity contribution in [2.75, 3.05) is 0 Å². The van der Waals surface area contributed by atoms with Crippen molar-refractivity contribution in [3.63, 3.8) is 0 Å². The fourth-order valence-electron chi connectivity index (χ4n) is 4.13. The summed E-state index contributed by atoms with van der Waals surface area (Å²) >= 11 is 12.1. The molecular weight excluding hydrogens is 329 g/mol. The Labute approximate surface area is 149 Å². The van der Waals surface area contributed by atoms with Crippen LogP contribution in [0.1, 0.15) is 74.6 Å². The molecule has 0 spiro atoms. The maximum Gasteiger partial charge on any atom is 0.254 e. The zero-order chi connectivity index (χ0) is 16.2. The topological polar surface area (TPSA) is 20.3 Å². The molecule has 23 heavy (non-hydrogen) atoms. The Morgan fingerprint density at radius 1 is 0.826 bits per heavy atom. The van der Waals surface area contributed by atoms with Crippen LogP contribution in [0.4, 0.5) is 0 Å². The number of hydrogen-bond donors (Lipinski definition) is 0. The normalized spacial score (nSPS) is 20.4. The molecule has 126 valence electrons. The summed E-state index contributed by atoms with van der Waals surface area (Å²) < 4.78 is 0. The molecule has 2 nitrogen and oxygen atoms in total. The summed E-state index contributed by atoms with van der Waals surface area (Å²) in [5.74, 6) is 0.141. The van der Waals surface area contributed by atoms with Crippen LogP contribution in [0.25, 0.3) is 0 Å². The van der Waals surface area contributed by atoms with E-state index in [1.165, 1.54) is 38.5 Å². The number of carbonyl (C=O) groups excluding carboxylic acids is 1. The minimum Gasteiger partial charge on any atom is -0.333 e. The van der Waals surface area contributed by atoms with Crippen LogP contribution in [0, 0.1) is 0 Å². The Balaban J connectivity index is 1.86. The van der Waals surface area contributed by atoms with Crippen molar-refractivity contribution >= 4 is 29.1 Å². The third-order valence-electron chi connectivity index (χ3n) is 5.34. The number of nitrogens with zero attached hydrogens (tertiary/aromatic N) is 1. The van der Waals surface area contributed by atoms with Gasteiger partial charge in [-0.05, 0) is 43.9 Å². The second kappa shape index (κ2) is 7.90. The predicted molar refractivity (Wildman–Crippen MR) is 96.4 cm³/mol. The Morgan fingerprint density at radius 3 is 1.83 bits per heavy atom. The molecule has 0 unspecified atom stereocenters. The number of carbonyl (C=O) groups is 1. The van der Waals surface area contributed by atoms with Crippen LogP contribution in [0.5, 0.6) is 0 Å². The van der Waals surface area contributed by atoms with Gasteiger partial charge < -0.3 is 4.90 Å². The molecule has 0 heterocycles. The lowest BCUT2D eigenvalue weighted by atomic mass is 9.88. The number of amides is 1. The second-order valence-electron chi connectivity index (χ2n) is 6.92. The highest BCUT2D eigenvalue weighted by Gasteiger charge is 2.33. The lowest BCUT2D eigenvalue weighted by molar-refractivity contribution is 0.0448. The molecule has 2 aliphatic carbocycles. The van der Waals surface area contributed by atoms with E-state index >= 15 is 0 Å². The first-order valence-electron chi connectivity index (χ1n) is 8.94. The summed E-state index contributed by atoms with van der Waals surface area (Å²) in [7, 11) is 0. The summed E-state index contributed by atoms with van der Waals surface area (Å²) in [6.07, 6.45) is 12.1.